The van der Waals surface area contributed by atoms with Gasteiger partial charge in [0.25, 0.3) is 0 Å². The number of aromatic nitrogens is 1. The van der Waals surface area contributed by atoms with E-state index in [0.29, 0.717) is 31.1 Å². The lowest BCUT2D eigenvalue weighted by atomic mass is 10.1. The number of anilines is 1. The molecule has 1 heterocycles. The molecule has 0 saturated carbocycles. The molecule has 2 aromatic rings. The maximum Gasteiger partial charge on any atom is 0.226 e. The molecule has 1 amide bonds. The summed E-state index contributed by atoms with van der Waals surface area (Å²) < 4.78 is 5.44. The highest BCUT2D eigenvalue weighted by Gasteiger charge is 2.06. The van der Waals surface area contributed by atoms with Gasteiger partial charge in [-0.1, -0.05) is 24.3 Å². The van der Waals surface area contributed by atoms with Crippen LogP contribution in [0.15, 0.2) is 42.6 Å². The number of carbonyl (C=O) groups is 1. The highest BCUT2D eigenvalue weighted by molar-refractivity contribution is 5.85. The average molecular weight is 336 g/mol. The Morgan fingerprint density at radius 1 is 1.22 bits per heavy atom. The molecule has 0 fully saturated rings. The topological polar surface area (TPSA) is 77.2 Å². The zero-order chi connectivity index (χ0) is 15.8. The molecule has 3 N–H and O–H groups in total. The molecule has 0 saturated heterocycles. The van der Waals surface area contributed by atoms with Gasteiger partial charge in [-0.2, -0.15) is 0 Å². The fourth-order valence-corrected chi connectivity index (χ4v) is 2.04. The van der Waals surface area contributed by atoms with E-state index in [9.17, 15) is 4.79 Å². The van der Waals surface area contributed by atoms with Gasteiger partial charge < -0.3 is 15.8 Å². The van der Waals surface area contributed by atoms with Crippen LogP contribution in [0, 0.1) is 0 Å². The smallest absolute Gasteiger partial charge is 0.226 e. The molecule has 23 heavy (non-hydrogen) atoms. The Morgan fingerprint density at radius 2 is 1.96 bits per heavy atom. The van der Waals surface area contributed by atoms with Crippen LogP contribution < -0.4 is 11.1 Å². The molecule has 5 nitrogen and oxygen atoms in total. The van der Waals surface area contributed by atoms with Crippen LogP contribution in [0.2, 0.25) is 0 Å². The number of hydrogen-bond donors (Lipinski definition) is 2. The van der Waals surface area contributed by atoms with Gasteiger partial charge in [-0.15, -0.1) is 12.4 Å². The zero-order valence-corrected chi connectivity index (χ0v) is 13.9. The van der Waals surface area contributed by atoms with E-state index in [0.717, 1.165) is 11.1 Å². The summed E-state index contributed by atoms with van der Waals surface area (Å²) in [7, 11) is 0. The van der Waals surface area contributed by atoms with Crippen molar-refractivity contribution in [2.24, 2.45) is 0 Å². The second-order valence-corrected chi connectivity index (χ2v) is 4.94. The van der Waals surface area contributed by atoms with Gasteiger partial charge in [-0.05, 0) is 30.2 Å². The van der Waals surface area contributed by atoms with Crippen LogP contribution >= 0.6 is 12.4 Å². The van der Waals surface area contributed by atoms with E-state index in [2.05, 4.69) is 10.3 Å². The van der Waals surface area contributed by atoms with Gasteiger partial charge in [0.2, 0.25) is 5.91 Å². The Hall–Kier alpha value is -2.11. The highest BCUT2D eigenvalue weighted by Crippen LogP contribution is 2.10. The number of nitrogens with zero attached hydrogens (tertiary/aromatic N) is 1. The molecule has 0 bridgehead atoms. The van der Waals surface area contributed by atoms with Crippen molar-refractivity contribution in [3.63, 3.8) is 0 Å². The van der Waals surface area contributed by atoms with Gasteiger partial charge >= 0.3 is 0 Å². The number of carbonyl (C=O) groups excluding carboxylic acids is 1. The largest absolute Gasteiger partial charge is 0.397 e. The summed E-state index contributed by atoms with van der Waals surface area (Å²) in [5.41, 5.74) is 9.03. The molecule has 2 rings (SSSR count). The van der Waals surface area contributed by atoms with E-state index in [1.54, 1.807) is 18.3 Å². The minimum absolute atomic E-state index is 0. The molecule has 0 aliphatic rings. The lowest BCUT2D eigenvalue weighted by Crippen LogP contribution is -2.25. The van der Waals surface area contributed by atoms with Crippen LogP contribution in [0.4, 0.5) is 5.69 Å². The Kier molecular flexibility index (Phi) is 8.08. The first-order valence-electron chi connectivity index (χ1n) is 7.30. The molecule has 1 aromatic carbocycles. The number of nitrogens with two attached hydrogens (primary N) is 1. The van der Waals surface area contributed by atoms with Crippen molar-refractivity contribution in [3.05, 3.63) is 59.4 Å². The maximum atomic E-state index is 12.0. The van der Waals surface area contributed by atoms with Crippen molar-refractivity contribution in [1.29, 1.82) is 0 Å². The van der Waals surface area contributed by atoms with Gasteiger partial charge in [0.1, 0.15) is 0 Å². The maximum absolute atomic E-state index is 12.0. The first-order valence-corrected chi connectivity index (χ1v) is 7.30. The summed E-state index contributed by atoms with van der Waals surface area (Å²) in [6.07, 6.45) is 1.80. The van der Waals surface area contributed by atoms with Crippen molar-refractivity contribution >= 4 is 24.0 Å². The number of benzene rings is 1. The van der Waals surface area contributed by atoms with Gasteiger partial charge in [0.15, 0.2) is 0 Å². The van der Waals surface area contributed by atoms with Crippen LogP contribution in [-0.4, -0.2) is 17.5 Å². The number of rotatable bonds is 7. The first-order chi connectivity index (χ1) is 10.7. The van der Waals surface area contributed by atoms with Crippen molar-refractivity contribution in [2.75, 3.05) is 12.3 Å². The summed E-state index contributed by atoms with van der Waals surface area (Å²) >= 11 is 0. The molecule has 0 atom stereocenters. The Balaban J connectivity index is 0.00000264. The van der Waals surface area contributed by atoms with Gasteiger partial charge in [0.05, 0.1) is 24.9 Å². The molecule has 0 radical (unpaired) electrons. The summed E-state index contributed by atoms with van der Waals surface area (Å²) in [5, 5.41) is 2.91. The number of pyridine rings is 1. The van der Waals surface area contributed by atoms with Crippen molar-refractivity contribution in [2.45, 2.75) is 26.5 Å². The zero-order valence-electron chi connectivity index (χ0n) is 13.1. The van der Waals surface area contributed by atoms with Crippen LogP contribution in [0.5, 0.6) is 0 Å². The quantitative estimate of drug-likeness (QED) is 0.815. The molecular formula is C17H22ClN3O2. The van der Waals surface area contributed by atoms with Gasteiger partial charge in [-0.3, -0.25) is 9.78 Å². The van der Waals surface area contributed by atoms with Crippen molar-refractivity contribution in [1.82, 2.24) is 10.3 Å². The highest BCUT2D eigenvalue weighted by atomic mass is 35.5. The van der Waals surface area contributed by atoms with E-state index >= 15 is 0 Å². The van der Waals surface area contributed by atoms with Crippen LogP contribution in [0.1, 0.15) is 23.7 Å². The first kappa shape index (κ1) is 18.9. The third-order valence-electron chi connectivity index (χ3n) is 3.25. The predicted molar refractivity (Wildman–Crippen MR) is 93.2 cm³/mol. The normalized spacial score (nSPS) is 9.96. The molecule has 0 unspecified atom stereocenters. The number of ether oxygens (including phenoxy) is 1. The minimum atomic E-state index is -0.0662. The lowest BCUT2D eigenvalue weighted by molar-refractivity contribution is -0.120. The summed E-state index contributed by atoms with van der Waals surface area (Å²) in [6, 6.07) is 11.4. The second-order valence-electron chi connectivity index (χ2n) is 4.94. The van der Waals surface area contributed by atoms with Crippen molar-refractivity contribution < 1.29 is 9.53 Å². The number of nitrogens with one attached hydrogen (secondary N) is 1. The lowest BCUT2D eigenvalue weighted by Gasteiger charge is -2.10. The van der Waals surface area contributed by atoms with E-state index < -0.39 is 0 Å². The Labute approximate surface area is 142 Å². The fraction of sp³-hybridized carbons (Fsp3) is 0.294. The third kappa shape index (κ3) is 6.26. The van der Waals surface area contributed by atoms with Crippen LogP contribution in [0.25, 0.3) is 0 Å². The molecule has 6 heteroatoms. The summed E-state index contributed by atoms with van der Waals surface area (Å²) in [5.74, 6) is -0.0662. The SMILES string of the molecule is CCOCc1ccccc1CNC(=O)Cc1ccc(N)cn1.Cl. The Bertz CT molecular complexity index is 617. The monoisotopic (exact) mass is 335 g/mol. The summed E-state index contributed by atoms with van der Waals surface area (Å²) in [4.78, 5) is 16.1. The predicted octanol–water partition coefficient (Wildman–Crippen LogP) is 2.48. The van der Waals surface area contributed by atoms with Crippen molar-refractivity contribution in [3.8, 4) is 0 Å². The molecular weight excluding hydrogens is 314 g/mol. The van der Waals surface area contributed by atoms with E-state index in [1.165, 1.54) is 0 Å². The number of halogens is 1. The minimum Gasteiger partial charge on any atom is -0.397 e. The standard InChI is InChI=1S/C17H21N3O2.ClH/c1-2-22-12-14-6-4-3-5-13(14)10-20-17(21)9-16-8-7-15(18)11-19-16;/h3-8,11H,2,9-10,12,18H2,1H3,(H,20,21);1H. The number of nitrogen functional groups attached to an aromatic ring is 1. The molecule has 124 valence electrons. The second kappa shape index (κ2) is 9.82. The summed E-state index contributed by atoms with van der Waals surface area (Å²) in [6.45, 7) is 3.67. The van der Waals surface area contributed by atoms with Crippen LogP contribution in [0.3, 0.4) is 0 Å². The number of hydrogen-bond acceptors (Lipinski definition) is 4. The number of amides is 1. The molecule has 0 aliphatic carbocycles. The average Bonchev–Trinajstić information content (AvgIpc) is 2.54. The van der Waals surface area contributed by atoms with E-state index in [-0.39, 0.29) is 24.7 Å². The van der Waals surface area contributed by atoms with E-state index in [1.807, 2.05) is 31.2 Å². The molecule has 0 aliphatic heterocycles. The molecule has 0 spiro atoms. The van der Waals surface area contributed by atoms with E-state index in [4.69, 9.17) is 10.5 Å². The molecule has 1 aromatic heterocycles. The fourth-order valence-electron chi connectivity index (χ4n) is 2.04. The third-order valence-corrected chi connectivity index (χ3v) is 3.25. The van der Waals surface area contributed by atoms with Crippen LogP contribution in [-0.2, 0) is 29.1 Å². The van der Waals surface area contributed by atoms with Gasteiger partial charge in [-0.25, -0.2) is 0 Å². The Morgan fingerprint density at radius 3 is 2.61 bits per heavy atom. The van der Waals surface area contributed by atoms with Gasteiger partial charge in [0, 0.05) is 18.8 Å².